The SMILES string of the molecule is CCCC(NC(=O)N(C)Cc1ccco1)C(=O)O. The molecule has 0 aromatic carbocycles. The van der Waals surface area contributed by atoms with E-state index in [0.29, 0.717) is 25.1 Å². The highest BCUT2D eigenvalue weighted by Crippen LogP contribution is 2.05. The van der Waals surface area contributed by atoms with Gasteiger partial charge >= 0.3 is 12.0 Å². The Labute approximate surface area is 106 Å². The van der Waals surface area contributed by atoms with E-state index < -0.39 is 18.0 Å². The minimum atomic E-state index is -1.02. The molecule has 1 heterocycles. The molecule has 18 heavy (non-hydrogen) atoms. The zero-order valence-corrected chi connectivity index (χ0v) is 10.5. The van der Waals surface area contributed by atoms with Crippen molar-refractivity contribution in [1.82, 2.24) is 10.2 Å². The smallest absolute Gasteiger partial charge is 0.326 e. The molecule has 6 heteroatoms. The van der Waals surface area contributed by atoms with Gasteiger partial charge in [-0.3, -0.25) is 0 Å². The summed E-state index contributed by atoms with van der Waals surface area (Å²) in [6, 6.07) is 2.22. The zero-order chi connectivity index (χ0) is 13.5. The van der Waals surface area contributed by atoms with Gasteiger partial charge in [0.2, 0.25) is 0 Å². The van der Waals surface area contributed by atoms with Crippen LogP contribution >= 0.6 is 0 Å². The number of carbonyl (C=O) groups is 2. The monoisotopic (exact) mass is 254 g/mol. The van der Waals surface area contributed by atoms with Gasteiger partial charge in [-0.05, 0) is 18.6 Å². The van der Waals surface area contributed by atoms with Crippen LogP contribution in [-0.2, 0) is 11.3 Å². The van der Waals surface area contributed by atoms with Gasteiger partial charge in [-0.1, -0.05) is 13.3 Å². The Morgan fingerprint density at radius 2 is 2.28 bits per heavy atom. The van der Waals surface area contributed by atoms with Crippen molar-refractivity contribution in [1.29, 1.82) is 0 Å². The summed E-state index contributed by atoms with van der Waals surface area (Å²) >= 11 is 0. The normalized spacial score (nSPS) is 11.9. The third-order valence-electron chi connectivity index (χ3n) is 2.49. The summed E-state index contributed by atoms with van der Waals surface area (Å²) < 4.78 is 5.12. The van der Waals surface area contributed by atoms with Crippen molar-refractivity contribution in [3.05, 3.63) is 24.2 Å². The highest BCUT2D eigenvalue weighted by atomic mass is 16.4. The molecule has 0 saturated carbocycles. The van der Waals surface area contributed by atoms with Crippen LogP contribution in [0.5, 0.6) is 0 Å². The number of nitrogens with one attached hydrogen (secondary N) is 1. The Bertz CT molecular complexity index is 389. The van der Waals surface area contributed by atoms with Crippen LogP contribution < -0.4 is 5.32 Å². The molecule has 0 fully saturated rings. The first-order valence-corrected chi connectivity index (χ1v) is 5.81. The summed E-state index contributed by atoms with van der Waals surface area (Å²) in [6.07, 6.45) is 2.63. The van der Waals surface area contributed by atoms with Gasteiger partial charge < -0.3 is 19.7 Å². The van der Waals surface area contributed by atoms with Crippen molar-refractivity contribution >= 4 is 12.0 Å². The minimum absolute atomic E-state index is 0.303. The zero-order valence-electron chi connectivity index (χ0n) is 10.5. The van der Waals surface area contributed by atoms with Gasteiger partial charge in [-0.15, -0.1) is 0 Å². The van der Waals surface area contributed by atoms with Crippen LogP contribution in [0.4, 0.5) is 4.79 Å². The van der Waals surface area contributed by atoms with Crippen LogP contribution in [0.1, 0.15) is 25.5 Å². The van der Waals surface area contributed by atoms with Crippen LogP contribution in [0.2, 0.25) is 0 Å². The van der Waals surface area contributed by atoms with Gasteiger partial charge in [-0.2, -0.15) is 0 Å². The summed E-state index contributed by atoms with van der Waals surface area (Å²) in [4.78, 5) is 24.1. The molecule has 0 radical (unpaired) electrons. The molecular weight excluding hydrogens is 236 g/mol. The van der Waals surface area contributed by atoms with E-state index in [4.69, 9.17) is 9.52 Å². The Balaban J connectivity index is 2.50. The van der Waals surface area contributed by atoms with Crippen molar-refractivity contribution in [2.75, 3.05) is 7.05 Å². The molecule has 0 aliphatic carbocycles. The molecule has 1 aromatic heterocycles. The van der Waals surface area contributed by atoms with E-state index in [1.54, 1.807) is 19.2 Å². The lowest BCUT2D eigenvalue weighted by Crippen LogP contribution is -2.46. The summed E-state index contributed by atoms with van der Waals surface area (Å²) in [5.74, 6) is -0.369. The van der Waals surface area contributed by atoms with Crippen LogP contribution in [-0.4, -0.2) is 35.1 Å². The maximum atomic E-state index is 11.8. The maximum Gasteiger partial charge on any atom is 0.326 e. The first-order valence-electron chi connectivity index (χ1n) is 5.81. The molecule has 1 atom stereocenters. The second kappa shape index (κ2) is 6.68. The summed E-state index contributed by atoms with van der Waals surface area (Å²) in [7, 11) is 1.59. The van der Waals surface area contributed by atoms with Crippen molar-refractivity contribution in [2.45, 2.75) is 32.4 Å². The molecule has 6 nitrogen and oxygen atoms in total. The Hall–Kier alpha value is -1.98. The number of furan rings is 1. The van der Waals surface area contributed by atoms with E-state index in [-0.39, 0.29) is 0 Å². The third kappa shape index (κ3) is 4.12. The fraction of sp³-hybridized carbons (Fsp3) is 0.500. The van der Waals surface area contributed by atoms with Crippen LogP contribution in [0.25, 0.3) is 0 Å². The second-order valence-electron chi connectivity index (χ2n) is 4.06. The molecule has 2 amide bonds. The summed E-state index contributed by atoms with van der Waals surface area (Å²) in [6.45, 7) is 2.17. The number of hydrogen-bond donors (Lipinski definition) is 2. The van der Waals surface area contributed by atoms with Gasteiger partial charge in [-0.25, -0.2) is 9.59 Å². The molecule has 1 unspecified atom stereocenters. The Kier molecular flexibility index (Phi) is 5.23. The highest BCUT2D eigenvalue weighted by Gasteiger charge is 2.21. The van der Waals surface area contributed by atoms with Crippen molar-refractivity contribution in [2.24, 2.45) is 0 Å². The molecule has 1 aromatic rings. The number of carboxylic acids is 1. The van der Waals surface area contributed by atoms with Gasteiger partial charge in [0, 0.05) is 7.05 Å². The number of carbonyl (C=O) groups excluding carboxylic acids is 1. The number of urea groups is 1. The van der Waals surface area contributed by atoms with Crippen molar-refractivity contribution in [3.8, 4) is 0 Å². The van der Waals surface area contributed by atoms with E-state index in [1.165, 1.54) is 11.2 Å². The third-order valence-corrected chi connectivity index (χ3v) is 2.49. The predicted molar refractivity (Wildman–Crippen MR) is 65.0 cm³/mol. The van der Waals surface area contributed by atoms with Gasteiger partial charge in [0.25, 0.3) is 0 Å². The van der Waals surface area contributed by atoms with E-state index in [1.807, 2.05) is 6.92 Å². The average molecular weight is 254 g/mol. The lowest BCUT2D eigenvalue weighted by atomic mass is 10.2. The molecule has 2 N–H and O–H groups in total. The number of amides is 2. The van der Waals surface area contributed by atoms with Crippen molar-refractivity contribution in [3.63, 3.8) is 0 Å². The molecule has 100 valence electrons. The van der Waals surface area contributed by atoms with Crippen LogP contribution in [0, 0.1) is 0 Å². The Morgan fingerprint density at radius 1 is 1.56 bits per heavy atom. The molecule has 0 bridgehead atoms. The van der Waals surface area contributed by atoms with Gasteiger partial charge in [0.1, 0.15) is 11.8 Å². The highest BCUT2D eigenvalue weighted by molar-refractivity contribution is 5.82. The predicted octanol–water partition coefficient (Wildman–Crippen LogP) is 1.67. The fourth-order valence-corrected chi connectivity index (χ4v) is 1.51. The average Bonchev–Trinajstić information content (AvgIpc) is 2.80. The quantitative estimate of drug-likeness (QED) is 0.809. The fourth-order valence-electron chi connectivity index (χ4n) is 1.51. The first-order chi connectivity index (χ1) is 8.54. The largest absolute Gasteiger partial charge is 0.480 e. The summed E-state index contributed by atoms with van der Waals surface area (Å²) in [5, 5.41) is 11.4. The minimum Gasteiger partial charge on any atom is -0.480 e. The van der Waals surface area contributed by atoms with E-state index in [0.717, 1.165) is 0 Å². The summed E-state index contributed by atoms with van der Waals surface area (Å²) in [5.41, 5.74) is 0. The molecule has 0 aliphatic heterocycles. The standard InChI is InChI=1S/C12H18N2O4/c1-3-5-10(11(15)16)13-12(17)14(2)8-9-6-4-7-18-9/h4,6-7,10H,3,5,8H2,1-2H3,(H,13,17)(H,15,16). The molecule has 0 aliphatic rings. The van der Waals surface area contributed by atoms with Crippen LogP contribution in [0.3, 0.4) is 0 Å². The number of nitrogens with zero attached hydrogens (tertiary/aromatic N) is 1. The van der Waals surface area contributed by atoms with E-state index in [2.05, 4.69) is 5.32 Å². The number of rotatable bonds is 6. The lowest BCUT2D eigenvalue weighted by Gasteiger charge is -2.20. The van der Waals surface area contributed by atoms with Gasteiger partial charge in [0.05, 0.1) is 12.8 Å². The second-order valence-corrected chi connectivity index (χ2v) is 4.06. The number of carboxylic acid groups (broad SMARTS) is 1. The molecule has 0 spiro atoms. The van der Waals surface area contributed by atoms with E-state index in [9.17, 15) is 9.59 Å². The van der Waals surface area contributed by atoms with E-state index >= 15 is 0 Å². The molecule has 1 rings (SSSR count). The molecule has 0 saturated heterocycles. The topological polar surface area (TPSA) is 82.8 Å². The first kappa shape index (κ1) is 14.1. The lowest BCUT2D eigenvalue weighted by molar-refractivity contribution is -0.139. The number of aliphatic carboxylic acids is 1. The van der Waals surface area contributed by atoms with Crippen molar-refractivity contribution < 1.29 is 19.1 Å². The van der Waals surface area contributed by atoms with Crippen LogP contribution in [0.15, 0.2) is 22.8 Å². The Morgan fingerprint density at radius 3 is 2.78 bits per heavy atom. The maximum absolute atomic E-state index is 11.8. The van der Waals surface area contributed by atoms with Gasteiger partial charge in [0.15, 0.2) is 0 Å². The molecular formula is C12H18N2O4. The number of hydrogen-bond acceptors (Lipinski definition) is 3.